The van der Waals surface area contributed by atoms with Crippen molar-refractivity contribution in [2.75, 3.05) is 9.80 Å². The molecule has 0 spiro atoms. The van der Waals surface area contributed by atoms with Crippen molar-refractivity contribution in [1.29, 1.82) is 0 Å². The molecule has 0 fully saturated rings. The summed E-state index contributed by atoms with van der Waals surface area (Å²) in [5, 5.41) is 0. The Morgan fingerprint density at radius 3 is 1.24 bits per heavy atom. The molecular weight excluding hydrogens is 713 g/mol. The van der Waals surface area contributed by atoms with Gasteiger partial charge in [-0.15, -0.1) is 0 Å². The Kier molecular flexibility index (Phi) is 8.76. The molecule has 2 aliphatic carbocycles. The molecule has 0 amide bonds. The van der Waals surface area contributed by atoms with Crippen LogP contribution in [-0.2, 0) is 10.8 Å². The molecular formula is C57H48N2. The van der Waals surface area contributed by atoms with E-state index in [0.717, 1.165) is 39.6 Å². The molecule has 0 saturated heterocycles. The second kappa shape index (κ2) is 14.2. The van der Waals surface area contributed by atoms with Crippen molar-refractivity contribution >= 4 is 46.3 Å². The van der Waals surface area contributed by atoms with Crippen LogP contribution in [0, 0.1) is 6.92 Å². The standard InChI is InChI=1S/C57H48N2/c1-39-15-9-14-22-55(39)59(42-16-7-6-8-17-42)44-31-27-41(28-32-44)24-23-40-25-29-43(30-26-40)58(45-33-35-49-47-18-10-12-20-51(47)56(2,3)53(49)37-45)46-34-36-50-48-19-11-13-21-52(48)57(4,5)54(50)38-46/h6-38H,1-5H3. The Labute approximate surface area is 349 Å². The molecule has 8 aromatic carbocycles. The molecule has 286 valence electrons. The van der Waals surface area contributed by atoms with E-state index in [1.807, 2.05) is 0 Å². The average molecular weight is 761 g/mol. The van der Waals surface area contributed by atoms with Crippen LogP contribution in [0.25, 0.3) is 34.4 Å². The van der Waals surface area contributed by atoms with Gasteiger partial charge in [0.05, 0.1) is 0 Å². The topological polar surface area (TPSA) is 6.48 Å². The van der Waals surface area contributed by atoms with Gasteiger partial charge < -0.3 is 9.80 Å². The number of anilines is 6. The van der Waals surface area contributed by atoms with E-state index in [1.165, 1.54) is 55.8 Å². The lowest BCUT2D eigenvalue weighted by Gasteiger charge is -2.29. The molecule has 2 heteroatoms. The fourth-order valence-electron chi connectivity index (χ4n) is 9.59. The lowest BCUT2D eigenvalue weighted by atomic mass is 9.82. The molecule has 0 heterocycles. The summed E-state index contributed by atoms with van der Waals surface area (Å²) in [7, 11) is 0. The highest BCUT2D eigenvalue weighted by molar-refractivity contribution is 5.89. The maximum atomic E-state index is 2.44. The van der Waals surface area contributed by atoms with Crippen molar-refractivity contribution in [3.8, 4) is 22.3 Å². The monoisotopic (exact) mass is 760 g/mol. The first-order valence-electron chi connectivity index (χ1n) is 20.8. The Morgan fingerprint density at radius 2 is 0.729 bits per heavy atom. The van der Waals surface area contributed by atoms with Crippen LogP contribution >= 0.6 is 0 Å². The summed E-state index contributed by atoms with van der Waals surface area (Å²) >= 11 is 0. The number of hydrogen-bond acceptors (Lipinski definition) is 2. The number of aryl methyl sites for hydroxylation is 1. The van der Waals surface area contributed by atoms with Gasteiger partial charge in [-0.1, -0.05) is 161 Å². The van der Waals surface area contributed by atoms with E-state index in [0.29, 0.717) is 0 Å². The summed E-state index contributed by atoms with van der Waals surface area (Å²) in [5.41, 5.74) is 21.1. The smallest absolute Gasteiger partial charge is 0.0490 e. The molecule has 2 nitrogen and oxygen atoms in total. The van der Waals surface area contributed by atoms with Gasteiger partial charge in [0.2, 0.25) is 0 Å². The van der Waals surface area contributed by atoms with E-state index < -0.39 is 0 Å². The predicted molar refractivity (Wildman–Crippen MR) is 251 cm³/mol. The fraction of sp³-hybridized carbons (Fsp3) is 0.123. The van der Waals surface area contributed by atoms with Crippen LogP contribution in [-0.4, -0.2) is 0 Å². The fourth-order valence-corrected chi connectivity index (χ4v) is 9.59. The minimum absolute atomic E-state index is 0.0949. The SMILES string of the molecule is Cc1ccccc1N(c1ccccc1)c1ccc(C=Cc2ccc(N(c3ccc4c(c3)C(C)(C)c3ccccc3-4)c3ccc4c(c3)C(C)(C)c3ccccc3-4)cc2)cc1. The highest BCUT2D eigenvalue weighted by Gasteiger charge is 2.37. The number of hydrogen-bond donors (Lipinski definition) is 0. The summed E-state index contributed by atoms with van der Waals surface area (Å²) in [6.45, 7) is 11.6. The highest BCUT2D eigenvalue weighted by atomic mass is 15.1. The van der Waals surface area contributed by atoms with Gasteiger partial charge in [-0.3, -0.25) is 0 Å². The van der Waals surface area contributed by atoms with Gasteiger partial charge in [0.1, 0.15) is 0 Å². The third kappa shape index (κ3) is 6.19. The van der Waals surface area contributed by atoms with E-state index in [1.54, 1.807) is 0 Å². The molecule has 0 saturated carbocycles. The molecule has 0 N–H and O–H groups in total. The molecule has 2 aliphatic rings. The van der Waals surface area contributed by atoms with Crippen LogP contribution in [0.1, 0.15) is 66.6 Å². The minimum Gasteiger partial charge on any atom is -0.310 e. The van der Waals surface area contributed by atoms with Gasteiger partial charge in [0.15, 0.2) is 0 Å². The zero-order valence-electron chi connectivity index (χ0n) is 34.4. The van der Waals surface area contributed by atoms with Gasteiger partial charge in [-0.2, -0.15) is 0 Å². The van der Waals surface area contributed by atoms with E-state index in [4.69, 9.17) is 0 Å². The van der Waals surface area contributed by atoms with Gasteiger partial charge in [-0.05, 0) is 135 Å². The Morgan fingerprint density at radius 1 is 0.339 bits per heavy atom. The van der Waals surface area contributed by atoms with Crippen molar-refractivity contribution in [1.82, 2.24) is 0 Å². The van der Waals surface area contributed by atoms with E-state index >= 15 is 0 Å². The lowest BCUT2D eigenvalue weighted by Crippen LogP contribution is -2.18. The number of para-hydroxylation sites is 2. The lowest BCUT2D eigenvalue weighted by molar-refractivity contribution is 0.660. The quantitative estimate of drug-likeness (QED) is 0.142. The summed E-state index contributed by atoms with van der Waals surface area (Å²) in [6.07, 6.45) is 4.42. The van der Waals surface area contributed by atoms with E-state index in [-0.39, 0.29) is 10.8 Å². The van der Waals surface area contributed by atoms with Crippen molar-refractivity contribution in [3.05, 3.63) is 227 Å². The molecule has 8 aromatic rings. The predicted octanol–water partition coefficient (Wildman–Crippen LogP) is 15.7. The maximum Gasteiger partial charge on any atom is 0.0490 e. The van der Waals surface area contributed by atoms with Crippen molar-refractivity contribution in [3.63, 3.8) is 0 Å². The molecule has 10 rings (SSSR count). The number of benzene rings is 8. The molecule has 59 heavy (non-hydrogen) atoms. The molecule has 0 atom stereocenters. The Balaban J connectivity index is 0.988. The molecule has 0 aromatic heterocycles. The largest absolute Gasteiger partial charge is 0.310 e. The normalized spacial score (nSPS) is 14.1. The van der Waals surface area contributed by atoms with Gasteiger partial charge in [0, 0.05) is 45.0 Å². The van der Waals surface area contributed by atoms with Crippen molar-refractivity contribution in [2.45, 2.75) is 45.4 Å². The van der Waals surface area contributed by atoms with Crippen LogP contribution in [0.3, 0.4) is 0 Å². The van der Waals surface area contributed by atoms with Crippen LogP contribution in [0.5, 0.6) is 0 Å². The van der Waals surface area contributed by atoms with Crippen molar-refractivity contribution < 1.29 is 0 Å². The third-order valence-electron chi connectivity index (χ3n) is 12.8. The first kappa shape index (κ1) is 36.4. The first-order valence-corrected chi connectivity index (χ1v) is 20.8. The minimum atomic E-state index is -0.0949. The maximum absolute atomic E-state index is 2.44. The van der Waals surface area contributed by atoms with Crippen LogP contribution in [0.15, 0.2) is 188 Å². The van der Waals surface area contributed by atoms with Crippen LogP contribution < -0.4 is 9.80 Å². The zero-order chi connectivity index (χ0) is 40.3. The second-order valence-electron chi connectivity index (χ2n) is 17.1. The van der Waals surface area contributed by atoms with Crippen LogP contribution in [0.2, 0.25) is 0 Å². The average Bonchev–Trinajstić information content (AvgIpc) is 3.64. The Hall–Kier alpha value is -6.90. The highest BCUT2D eigenvalue weighted by Crippen LogP contribution is 2.53. The third-order valence-corrected chi connectivity index (χ3v) is 12.8. The molecule has 0 bridgehead atoms. The zero-order valence-corrected chi connectivity index (χ0v) is 34.4. The molecule has 0 radical (unpaired) electrons. The number of nitrogens with zero attached hydrogens (tertiary/aromatic N) is 2. The molecule has 0 aliphatic heterocycles. The molecule has 0 unspecified atom stereocenters. The van der Waals surface area contributed by atoms with Gasteiger partial charge >= 0.3 is 0 Å². The summed E-state index contributed by atoms with van der Waals surface area (Å²) < 4.78 is 0. The van der Waals surface area contributed by atoms with E-state index in [9.17, 15) is 0 Å². The summed E-state index contributed by atoms with van der Waals surface area (Å²) in [5.74, 6) is 0. The van der Waals surface area contributed by atoms with Crippen molar-refractivity contribution in [2.24, 2.45) is 0 Å². The second-order valence-corrected chi connectivity index (χ2v) is 17.1. The first-order chi connectivity index (χ1) is 28.7. The van der Waals surface area contributed by atoms with Gasteiger partial charge in [0.25, 0.3) is 0 Å². The van der Waals surface area contributed by atoms with Gasteiger partial charge in [-0.25, -0.2) is 0 Å². The number of fused-ring (bicyclic) bond motifs is 6. The van der Waals surface area contributed by atoms with E-state index in [2.05, 4.69) is 245 Å². The Bertz CT molecular complexity index is 2770. The van der Waals surface area contributed by atoms with Crippen LogP contribution in [0.4, 0.5) is 34.1 Å². The summed E-state index contributed by atoms with van der Waals surface area (Å²) in [6, 6.07) is 68.9. The summed E-state index contributed by atoms with van der Waals surface area (Å²) in [4.78, 5) is 4.77. The number of rotatable bonds is 8.